The number of rotatable bonds is 5. The first-order valence-corrected chi connectivity index (χ1v) is 9.32. The molecule has 3 rings (SSSR count). The molecule has 1 N–H and O–H groups in total. The quantitative estimate of drug-likeness (QED) is 0.481. The van der Waals surface area contributed by atoms with Crippen molar-refractivity contribution in [2.24, 2.45) is 0 Å². The van der Waals surface area contributed by atoms with E-state index < -0.39 is 5.97 Å². The lowest BCUT2D eigenvalue weighted by molar-refractivity contribution is -0.117. The minimum absolute atomic E-state index is 0.00906. The standard InChI is InChI=1S/C22H22N2O4/c1-27-22(26)16-7-5-6-15(12-16)20-11-10-19(28-20)13-17(14-23)21(25)24-18-8-3-2-4-9-18/h5-7,10-13,18H,2-4,8-9H2,1H3,(H,24,25)/b17-13+. The van der Waals surface area contributed by atoms with Gasteiger partial charge in [0.15, 0.2) is 0 Å². The van der Waals surface area contributed by atoms with Crippen LogP contribution >= 0.6 is 0 Å². The first-order valence-electron chi connectivity index (χ1n) is 9.32. The van der Waals surface area contributed by atoms with Crippen LogP contribution in [0.15, 0.2) is 46.4 Å². The van der Waals surface area contributed by atoms with Crippen molar-refractivity contribution in [3.05, 3.63) is 53.3 Å². The number of benzene rings is 1. The Bertz CT molecular complexity index is 930. The number of esters is 1. The van der Waals surface area contributed by atoms with Gasteiger partial charge in [-0.05, 0) is 37.1 Å². The lowest BCUT2D eigenvalue weighted by atomic mass is 9.95. The summed E-state index contributed by atoms with van der Waals surface area (Å²) in [6, 6.07) is 12.4. The van der Waals surface area contributed by atoms with Gasteiger partial charge in [-0.2, -0.15) is 5.26 Å². The number of nitrogens with zero attached hydrogens (tertiary/aromatic N) is 1. The molecule has 1 saturated carbocycles. The molecule has 0 aliphatic heterocycles. The van der Waals surface area contributed by atoms with Crippen molar-refractivity contribution in [3.63, 3.8) is 0 Å². The fourth-order valence-electron chi connectivity index (χ4n) is 3.30. The summed E-state index contributed by atoms with van der Waals surface area (Å²) < 4.78 is 10.5. The third-order valence-corrected chi connectivity index (χ3v) is 4.79. The Balaban J connectivity index is 1.75. The molecule has 0 bridgehead atoms. The van der Waals surface area contributed by atoms with E-state index in [-0.39, 0.29) is 17.5 Å². The molecule has 0 radical (unpaired) electrons. The number of hydrogen-bond acceptors (Lipinski definition) is 5. The number of furan rings is 1. The Morgan fingerprint density at radius 2 is 2.00 bits per heavy atom. The predicted molar refractivity (Wildman–Crippen MR) is 104 cm³/mol. The van der Waals surface area contributed by atoms with Gasteiger partial charge < -0.3 is 14.5 Å². The molecule has 0 unspecified atom stereocenters. The van der Waals surface area contributed by atoms with Crippen molar-refractivity contribution < 1.29 is 18.7 Å². The predicted octanol–water partition coefficient (Wildman–Crippen LogP) is 4.09. The highest BCUT2D eigenvalue weighted by molar-refractivity contribution is 6.01. The lowest BCUT2D eigenvalue weighted by Gasteiger charge is -2.22. The molecule has 6 heteroatoms. The van der Waals surface area contributed by atoms with Gasteiger partial charge in [0.2, 0.25) is 0 Å². The molecule has 1 aromatic carbocycles. The zero-order valence-electron chi connectivity index (χ0n) is 15.7. The Hall–Kier alpha value is -3.33. The largest absolute Gasteiger partial charge is 0.465 e. The SMILES string of the molecule is COC(=O)c1cccc(-c2ccc(/C=C(\C#N)C(=O)NC3CCCCC3)o2)c1. The van der Waals surface area contributed by atoms with Crippen LogP contribution in [-0.4, -0.2) is 25.0 Å². The van der Waals surface area contributed by atoms with Crippen LogP contribution in [0.4, 0.5) is 0 Å². The molecule has 2 aromatic rings. The van der Waals surface area contributed by atoms with Crippen molar-refractivity contribution in [1.82, 2.24) is 5.32 Å². The van der Waals surface area contributed by atoms with Crippen LogP contribution in [0.5, 0.6) is 0 Å². The van der Waals surface area contributed by atoms with Gasteiger partial charge in [0.25, 0.3) is 5.91 Å². The van der Waals surface area contributed by atoms with E-state index in [2.05, 4.69) is 5.32 Å². The summed E-state index contributed by atoms with van der Waals surface area (Å²) in [4.78, 5) is 24.1. The number of ether oxygens (including phenoxy) is 1. The minimum Gasteiger partial charge on any atom is -0.465 e. The van der Waals surface area contributed by atoms with E-state index in [1.807, 2.05) is 6.07 Å². The van der Waals surface area contributed by atoms with Gasteiger partial charge >= 0.3 is 5.97 Å². The topological polar surface area (TPSA) is 92.3 Å². The molecule has 0 atom stereocenters. The maximum absolute atomic E-state index is 12.4. The van der Waals surface area contributed by atoms with Gasteiger partial charge in [0.05, 0.1) is 12.7 Å². The van der Waals surface area contributed by atoms with Crippen molar-refractivity contribution in [3.8, 4) is 17.4 Å². The van der Waals surface area contributed by atoms with Crippen LogP contribution in [0.25, 0.3) is 17.4 Å². The number of hydrogen-bond donors (Lipinski definition) is 1. The highest BCUT2D eigenvalue weighted by Crippen LogP contribution is 2.25. The summed E-state index contributed by atoms with van der Waals surface area (Å²) in [6.45, 7) is 0. The Kier molecular flexibility index (Phi) is 6.28. The Morgan fingerprint density at radius 1 is 1.21 bits per heavy atom. The number of amides is 1. The van der Waals surface area contributed by atoms with Crippen LogP contribution in [0.3, 0.4) is 0 Å². The molecule has 1 aliphatic carbocycles. The molecule has 1 aliphatic rings. The average molecular weight is 378 g/mol. The Morgan fingerprint density at radius 3 is 2.71 bits per heavy atom. The highest BCUT2D eigenvalue weighted by Gasteiger charge is 2.18. The number of nitriles is 1. The molecule has 1 aromatic heterocycles. The monoisotopic (exact) mass is 378 g/mol. The maximum Gasteiger partial charge on any atom is 0.337 e. The Labute approximate surface area is 163 Å². The fraction of sp³-hybridized carbons (Fsp3) is 0.318. The summed E-state index contributed by atoms with van der Waals surface area (Å²) in [5.41, 5.74) is 1.13. The minimum atomic E-state index is -0.431. The third-order valence-electron chi connectivity index (χ3n) is 4.79. The summed E-state index contributed by atoms with van der Waals surface area (Å²) in [6.07, 6.45) is 6.73. The molecule has 1 heterocycles. The molecule has 0 saturated heterocycles. The van der Waals surface area contributed by atoms with Crippen LogP contribution in [-0.2, 0) is 9.53 Å². The number of nitrogens with one attached hydrogen (secondary N) is 1. The summed E-state index contributed by atoms with van der Waals surface area (Å²) >= 11 is 0. The molecule has 144 valence electrons. The number of carbonyl (C=O) groups excluding carboxylic acids is 2. The van der Waals surface area contributed by atoms with E-state index >= 15 is 0 Å². The molecule has 6 nitrogen and oxygen atoms in total. The second-order valence-corrected chi connectivity index (χ2v) is 6.75. The van der Waals surface area contributed by atoms with Crippen molar-refractivity contribution in [2.45, 2.75) is 38.1 Å². The van der Waals surface area contributed by atoms with Gasteiger partial charge in [-0.15, -0.1) is 0 Å². The summed E-state index contributed by atoms with van der Waals surface area (Å²) in [5, 5.41) is 12.3. The van der Waals surface area contributed by atoms with Crippen molar-refractivity contribution in [2.75, 3.05) is 7.11 Å². The maximum atomic E-state index is 12.4. The highest BCUT2D eigenvalue weighted by atomic mass is 16.5. The van der Waals surface area contributed by atoms with E-state index in [9.17, 15) is 14.9 Å². The van der Waals surface area contributed by atoms with E-state index in [4.69, 9.17) is 9.15 Å². The second kappa shape index (κ2) is 9.05. The van der Waals surface area contributed by atoms with Gasteiger partial charge in [-0.25, -0.2) is 4.79 Å². The molecule has 28 heavy (non-hydrogen) atoms. The first kappa shape index (κ1) is 19.4. The molecule has 0 spiro atoms. The van der Waals surface area contributed by atoms with Gasteiger partial charge in [-0.1, -0.05) is 31.4 Å². The molecule has 1 amide bonds. The second-order valence-electron chi connectivity index (χ2n) is 6.75. The van der Waals surface area contributed by atoms with E-state index in [0.717, 1.165) is 25.7 Å². The van der Waals surface area contributed by atoms with E-state index in [0.29, 0.717) is 22.6 Å². The average Bonchev–Trinajstić information content (AvgIpc) is 3.21. The molecular formula is C22H22N2O4. The fourth-order valence-corrected chi connectivity index (χ4v) is 3.30. The molecule has 1 fully saturated rings. The number of methoxy groups -OCH3 is 1. The zero-order valence-corrected chi connectivity index (χ0v) is 15.7. The summed E-state index contributed by atoms with van der Waals surface area (Å²) in [7, 11) is 1.33. The zero-order chi connectivity index (χ0) is 19.9. The van der Waals surface area contributed by atoms with Crippen LogP contribution in [0.2, 0.25) is 0 Å². The van der Waals surface area contributed by atoms with Gasteiger partial charge in [-0.3, -0.25) is 4.79 Å². The lowest BCUT2D eigenvalue weighted by Crippen LogP contribution is -2.36. The third kappa shape index (κ3) is 4.68. The normalized spacial score (nSPS) is 14.9. The first-order chi connectivity index (χ1) is 13.6. The van der Waals surface area contributed by atoms with E-state index in [1.165, 1.54) is 19.6 Å². The van der Waals surface area contributed by atoms with E-state index in [1.54, 1.807) is 36.4 Å². The number of carbonyl (C=O) groups is 2. The smallest absolute Gasteiger partial charge is 0.337 e. The molecular weight excluding hydrogens is 356 g/mol. The summed E-state index contributed by atoms with van der Waals surface area (Å²) in [5.74, 6) is 0.121. The van der Waals surface area contributed by atoms with Crippen molar-refractivity contribution in [1.29, 1.82) is 5.26 Å². The van der Waals surface area contributed by atoms with Gasteiger partial charge in [0, 0.05) is 17.7 Å². The van der Waals surface area contributed by atoms with Crippen LogP contribution < -0.4 is 5.32 Å². The van der Waals surface area contributed by atoms with Crippen molar-refractivity contribution >= 4 is 18.0 Å². The van der Waals surface area contributed by atoms with Crippen LogP contribution in [0.1, 0.15) is 48.2 Å². The van der Waals surface area contributed by atoms with Crippen LogP contribution in [0, 0.1) is 11.3 Å². The van der Waals surface area contributed by atoms with Gasteiger partial charge in [0.1, 0.15) is 23.2 Å².